The van der Waals surface area contributed by atoms with Crippen LogP contribution in [-0.4, -0.2) is 32.8 Å². The minimum atomic E-state index is -0.563. The van der Waals surface area contributed by atoms with Crippen molar-refractivity contribution in [2.24, 2.45) is 0 Å². The quantitative estimate of drug-likeness (QED) is 0.726. The number of nitrogens with one attached hydrogen (secondary N) is 1. The van der Waals surface area contributed by atoms with Gasteiger partial charge in [-0.1, -0.05) is 22.0 Å². The van der Waals surface area contributed by atoms with Crippen molar-refractivity contribution in [1.82, 2.24) is 5.32 Å². The van der Waals surface area contributed by atoms with Crippen LogP contribution in [0, 0.1) is 0 Å². The first-order valence-electron chi connectivity index (χ1n) is 7.94. The maximum absolute atomic E-state index is 12.1. The maximum atomic E-state index is 12.1. The lowest BCUT2D eigenvalue weighted by atomic mass is 10.1. The molecular weight excluding hydrogens is 386 g/mol. The Morgan fingerprint density at radius 1 is 1.08 bits per heavy atom. The number of hydrogen-bond donors (Lipinski definition) is 1. The van der Waals surface area contributed by atoms with E-state index in [-0.39, 0.29) is 5.91 Å². The third-order valence-corrected chi connectivity index (χ3v) is 4.19. The smallest absolute Gasteiger partial charge is 0.260 e. The molecule has 0 unspecified atom stereocenters. The van der Waals surface area contributed by atoms with E-state index in [2.05, 4.69) is 21.2 Å². The summed E-state index contributed by atoms with van der Waals surface area (Å²) in [5, 5.41) is 2.88. The first kappa shape index (κ1) is 19.1. The number of amides is 1. The summed E-state index contributed by atoms with van der Waals surface area (Å²) in [6.07, 6.45) is 0.128. The van der Waals surface area contributed by atoms with Crippen molar-refractivity contribution in [2.45, 2.75) is 19.4 Å². The third kappa shape index (κ3) is 5.67. The molecule has 134 valence electrons. The molecule has 2 aromatic rings. The van der Waals surface area contributed by atoms with Gasteiger partial charge in [-0.2, -0.15) is 0 Å². The minimum Gasteiger partial charge on any atom is -0.493 e. The van der Waals surface area contributed by atoms with Crippen molar-refractivity contribution < 1.29 is 19.0 Å². The average molecular weight is 408 g/mol. The molecule has 6 heteroatoms. The molecule has 0 saturated carbocycles. The number of benzene rings is 2. The van der Waals surface area contributed by atoms with E-state index in [0.717, 1.165) is 10.0 Å². The summed E-state index contributed by atoms with van der Waals surface area (Å²) in [6, 6.07) is 13.1. The molecule has 0 fully saturated rings. The van der Waals surface area contributed by atoms with Crippen LogP contribution in [-0.2, 0) is 11.2 Å². The number of rotatable bonds is 8. The molecule has 1 atom stereocenters. The molecule has 0 aromatic heterocycles. The van der Waals surface area contributed by atoms with Crippen LogP contribution in [0.2, 0.25) is 0 Å². The van der Waals surface area contributed by atoms with E-state index in [1.165, 1.54) is 0 Å². The van der Waals surface area contributed by atoms with Crippen molar-refractivity contribution in [2.75, 3.05) is 20.8 Å². The van der Waals surface area contributed by atoms with Gasteiger partial charge in [0, 0.05) is 11.0 Å². The summed E-state index contributed by atoms with van der Waals surface area (Å²) in [5.74, 6) is 1.87. The molecule has 25 heavy (non-hydrogen) atoms. The van der Waals surface area contributed by atoms with Crippen LogP contribution in [0.25, 0.3) is 0 Å². The van der Waals surface area contributed by atoms with Crippen LogP contribution in [0.3, 0.4) is 0 Å². The molecule has 0 spiro atoms. The van der Waals surface area contributed by atoms with E-state index in [1.54, 1.807) is 21.1 Å². The molecule has 1 amide bonds. The second-order valence-electron chi connectivity index (χ2n) is 5.44. The third-order valence-electron chi connectivity index (χ3n) is 3.66. The van der Waals surface area contributed by atoms with Crippen LogP contribution >= 0.6 is 15.9 Å². The van der Waals surface area contributed by atoms with Gasteiger partial charge in [0.25, 0.3) is 5.91 Å². The molecule has 5 nitrogen and oxygen atoms in total. The van der Waals surface area contributed by atoms with Gasteiger partial charge in [-0.15, -0.1) is 0 Å². The number of ether oxygens (including phenoxy) is 3. The number of hydrogen-bond acceptors (Lipinski definition) is 4. The standard InChI is InChI=1S/C19H22BrNO4/c1-13(25-16-7-5-15(20)6-8-16)19(22)21-11-10-14-4-9-17(23-2)18(12-14)24-3/h4-9,12-13H,10-11H2,1-3H3,(H,21,22)/t13-/m1/s1. The second-order valence-corrected chi connectivity index (χ2v) is 6.36. The van der Waals surface area contributed by atoms with Crippen molar-refractivity contribution >= 4 is 21.8 Å². The second kappa shape index (κ2) is 9.32. The van der Waals surface area contributed by atoms with Gasteiger partial charge in [-0.05, 0) is 55.3 Å². The highest BCUT2D eigenvalue weighted by molar-refractivity contribution is 9.10. The molecule has 0 aliphatic heterocycles. The largest absolute Gasteiger partial charge is 0.493 e. The van der Waals surface area contributed by atoms with Crippen LogP contribution in [0.5, 0.6) is 17.2 Å². The predicted molar refractivity (Wildman–Crippen MR) is 100 cm³/mol. The summed E-state index contributed by atoms with van der Waals surface area (Å²) in [4.78, 5) is 12.1. The lowest BCUT2D eigenvalue weighted by molar-refractivity contribution is -0.127. The van der Waals surface area contributed by atoms with Gasteiger partial charge in [0.05, 0.1) is 14.2 Å². The molecular formula is C19H22BrNO4. The molecule has 0 saturated heterocycles. The number of methoxy groups -OCH3 is 2. The van der Waals surface area contributed by atoms with Crippen molar-refractivity contribution in [3.8, 4) is 17.2 Å². The zero-order valence-corrected chi connectivity index (χ0v) is 16.1. The zero-order chi connectivity index (χ0) is 18.2. The van der Waals surface area contributed by atoms with E-state index >= 15 is 0 Å². The van der Waals surface area contributed by atoms with E-state index in [4.69, 9.17) is 14.2 Å². The van der Waals surface area contributed by atoms with Gasteiger partial charge in [0.15, 0.2) is 17.6 Å². The Morgan fingerprint density at radius 2 is 1.76 bits per heavy atom. The molecule has 0 radical (unpaired) electrons. The first-order chi connectivity index (χ1) is 12.0. The van der Waals surface area contributed by atoms with E-state index < -0.39 is 6.10 Å². The average Bonchev–Trinajstić information content (AvgIpc) is 2.63. The fraction of sp³-hybridized carbons (Fsp3) is 0.316. The highest BCUT2D eigenvalue weighted by Gasteiger charge is 2.14. The zero-order valence-electron chi connectivity index (χ0n) is 14.5. The monoisotopic (exact) mass is 407 g/mol. The van der Waals surface area contributed by atoms with Crippen LogP contribution in [0.4, 0.5) is 0 Å². The maximum Gasteiger partial charge on any atom is 0.260 e. The van der Waals surface area contributed by atoms with Gasteiger partial charge in [-0.25, -0.2) is 0 Å². The molecule has 0 bridgehead atoms. The van der Waals surface area contributed by atoms with Crippen molar-refractivity contribution in [3.63, 3.8) is 0 Å². The summed E-state index contributed by atoms with van der Waals surface area (Å²) in [5.41, 5.74) is 1.06. The van der Waals surface area contributed by atoms with Gasteiger partial charge in [0.2, 0.25) is 0 Å². The number of halogens is 1. The molecule has 1 N–H and O–H groups in total. The molecule has 0 aliphatic carbocycles. The lowest BCUT2D eigenvalue weighted by Crippen LogP contribution is -2.37. The van der Waals surface area contributed by atoms with Gasteiger partial charge >= 0.3 is 0 Å². The summed E-state index contributed by atoms with van der Waals surface area (Å²) in [6.45, 7) is 2.25. The van der Waals surface area contributed by atoms with Gasteiger partial charge < -0.3 is 19.5 Å². The van der Waals surface area contributed by atoms with Crippen LogP contribution in [0.15, 0.2) is 46.9 Å². The highest BCUT2D eigenvalue weighted by Crippen LogP contribution is 2.27. The lowest BCUT2D eigenvalue weighted by Gasteiger charge is -2.15. The molecule has 2 rings (SSSR count). The fourth-order valence-electron chi connectivity index (χ4n) is 2.28. The Labute approximate surface area is 156 Å². The summed E-state index contributed by atoms with van der Waals surface area (Å²) in [7, 11) is 3.20. The van der Waals surface area contributed by atoms with Crippen molar-refractivity contribution in [1.29, 1.82) is 0 Å². The van der Waals surface area contributed by atoms with E-state index in [9.17, 15) is 4.79 Å². The van der Waals surface area contributed by atoms with E-state index in [0.29, 0.717) is 30.2 Å². The van der Waals surface area contributed by atoms with Gasteiger partial charge in [-0.3, -0.25) is 4.79 Å². The Balaban J connectivity index is 1.82. The predicted octanol–water partition coefficient (Wildman–Crippen LogP) is 3.59. The topological polar surface area (TPSA) is 56.8 Å². The molecule has 0 aliphatic rings. The number of carbonyl (C=O) groups excluding carboxylic acids is 1. The fourth-order valence-corrected chi connectivity index (χ4v) is 2.55. The minimum absolute atomic E-state index is 0.150. The molecule has 0 heterocycles. The van der Waals surface area contributed by atoms with Crippen LogP contribution in [0.1, 0.15) is 12.5 Å². The molecule has 2 aromatic carbocycles. The normalized spacial score (nSPS) is 11.5. The summed E-state index contributed by atoms with van der Waals surface area (Å²) >= 11 is 3.36. The van der Waals surface area contributed by atoms with Gasteiger partial charge in [0.1, 0.15) is 5.75 Å². The highest BCUT2D eigenvalue weighted by atomic mass is 79.9. The first-order valence-corrected chi connectivity index (χ1v) is 8.73. The Hall–Kier alpha value is -2.21. The number of carbonyl (C=O) groups is 1. The van der Waals surface area contributed by atoms with Crippen molar-refractivity contribution in [3.05, 3.63) is 52.5 Å². The SMILES string of the molecule is COc1ccc(CCNC(=O)[C@@H](C)Oc2ccc(Br)cc2)cc1OC. The summed E-state index contributed by atoms with van der Waals surface area (Å²) < 4.78 is 17.1. The Morgan fingerprint density at radius 3 is 2.40 bits per heavy atom. The van der Waals surface area contributed by atoms with Crippen LogP contribution < -0.4 is 19.5 Å². The Bertz CT molecular complexity index is 703. The Kier molecular flexibility index (Phi) is 7.13. The van der Waals surface area contributed by atoms with E-state index in [1.807, 2.05) is 42.5 Å².